The van der Waals surface area contributed by atoms with E-state index in [1.54, 1.807) is 18.1 Å². The van der Waals surface area contributed by atoms with Gasteiger partial charge in [0.1, 0.15) is 17.6 Å². The lowest BCUT2D eigenvalue weighted by Gasteiger charge is -2.29. The van der Waals surface area contributed by atoms with Gasteiger partial charge < -0.3 is 23.8 Å². The normalized spacial score (nSPS) is 29.1. The molecule has 14 heteroatoms. The van der Waals surface area contributed by atoms with Crippen molar-refractivity contribution < 1.29 is 46.5 Å². The molecule has 5 atom stereocenters. The number of carbonyl (C=O) groups is 4. The van der Waals surface area contributed by atoms with Gasteiger partial charge in [-0.25, -0.2) is 13.4 Å². The number of fused-ring (bicyclic) bond motifs is 4. The first-order chi connectivity index (χ1) is 27.2. The highest BCUT2D eigenvalue weighted by atomic mass is 32.2. The predicted molar refractivity (Wildman–Crippen MR) is 212 cm³/mol. The van der Waals surface area contributed by atoms with Crippen molar-refractivity contribution in [1.82, 2.24) is 14.6 Å². The summed E-state index contributed by atoms with van der Waals surface area (Å²) in [7, 11) is -0.669. The molecule has 1 aromatic heterocycles. The molecular formula is C43H59N3O10S. The van der Waals surface area contributed by atoms with Crippen LogP contribution in [-0.4, -0.2) is 86.6 Å². The topological polar surface area (TPSA) is 167 Å². The summed E-state index contributed by atoms with van der Waals surface area (Å²) in [5.74, 6) is -0.964. The van der Waals surface area contributed by atoms with Crippen LogP contribution in [0, 0.1) is 22.7 Å². The Kier molecular flexibility index (Phi) is 12.1. The zero-order valence-electron chi connectivity index (χ0n) is 33.9. The molecule has 1 N–H and O–H groups in total. The van der Waals surface area contributed by atoms with Crippen LogP contribution in [0.1, 0.15) is 122 Å². The van der Waals surface area contributed by atoms with E-state index < -0.39 is 50.6 Å². The minimum absolute atomic E-state index is 0.0850. The van der Waals surface area contributed by atoms with Crippen LogP contribution in [0.3, 0.4) is 0 Å². The Labute approximate surface area is 336 Å². The number of pyridine rings is 1. The van der Waals surface area contributed by atoms with Gasteiger partial charge >= 0.3 is 5.97 Å². The second kappa shape index (κ2) is 16.7. The van der Waals surface area contributed by atoms with Gasteiger partial charge in [-0.2, -0.15) is 0 Å². The van der Waals surface area contributed by atoms with Crippen molar-refractivity contribution in [3.05, 3.63) is 23.8 Å². The van der Waals surface area contributed by atoms with Gasteiger partial charge in [0, 0.05) is 36.3 Å². The Balaban J connectivity index is 1.26. The maximum atomic E-state index is 14.8. The van der Waals surface area contributed by atoms with Gasteiger partial charge in [0.15, 0.2) is 5.78 Å². The van der Waals surface area contributed by atoms with Crippen LogP contribution in [-0.2, 0) is 40.4 Å². The second-order valence-electron chi connectivity index (χ2n) is 18.0. The molecule has 2 amide bonds. The first kappa shape index (κ1) is 41.2. The number of nitrogens with one attached hydrogen (secondary N) is 1. The summed E-state index contributed by atoms with van der Waals surface area (Å²) >= 11 is 0. The molecule has 2 aromatic rings. The minimum atomic E-state index is -3.83. The van der Waals surface area contributed by atoms with E-state index in [9.17, 15) is 27.6 Å². The highest BCUT2D eigenvalue weighted by molar-refractivity contribution is 7.90. The molecule has 0 spiro atoms. The number of hydrogen-bond donors (Lipinski definition) is 1. The molecule has 57 heavy (non-hydrogen) atoms. The monoisotopic (exact) mass is 809 g/mol. The standard InChI is InChI=1S/C43H59N3O10S/c1-42(2)17-11-10-12-27-18-32-33(21-36(27)53-3)44-38(54-4)22-37(32)56-30-20-34-35(47)24-43(41(50)45-57(51,52)31-15-16-31)23-29(43)14-9-7-5-6-8-13-28(19-39(48)55-26-42)40(49)46(34)25-30/h18,21-22,28-31,34H,5-17,19-20,23-26H2,1-4H3,(H,45,50)/t28-,29+,30-,34+,43-/m1/s1. The Morgan fingerprint density at radius 3 is 2.44 bits per heavy atom. The number of rotatable bonds is 5. The van der Waals surface area contributed by atoms with Gasteiger partial charge in [-0.1, -0.05) is 52.4 Å². The van der Waals surface area contributed by atoms with Gasteiger partial charge in [0.2, 0.25) is 27.7 Å². The predicted octanol–water partition coefficient (Wildman–Crippen LogP) is 6.22. The van der Waals surface area contributed by atoms with Crippen LogP contribution in [0.15, 0.2) is 18.2 Å². The summed E-state index contributed by atoms with van der Waals surface area (Å²) < 4.78 is 52.2. The fraction of sp³-hybridized carbons (Fsp3) is 0.698. The number of aryl methyl sites for hydroxylation is 1. The lowest BCUT2D eigenvalue weighted by molar-refractivity contribution is -0.152. The van der Waals surface area contributed by atoms with E-state index >= 15 is 0 Å². The SMILES string of the molecule is COc1cc2c3cc(c(OC)cc3n1)CCCCC(C)(C)COC(=O)C[C@H]1CCCCCCC[C@H]3C[C@@]3(C(=O)NS(=O)(=O)C3CC3)CC(=O)[C@@H]3C[C@H](CN3C1=O)O2. The molecule has 7 rings (SSSR count). The average molecular weight is 810 g/mol. The van der Waals surface area contributed by atoms with Crippen molar-refractivity contribution in [1.29, 1.82) is 0 Å². The summed E-state index contributed by atoms with van der Waals surface area (Å²) in [6.07, 6.45) is 9.59. The minimum Gasteiger partial charge on any atom is -0.496 e. The number of amides is 2. The number of methoxy groups -OCH3 is 2. The number of hydrogen-bond acceptors (Lipinski definition) is 11. The number of benzene rings is 1. The van der Waals surface area contributed by atoms with Crippen LogP contribution >= 0.6 is 0 Å². The van der Waals surface area contributed by atoms with Gasteiger partial charge in [-0.3, -0.25) is 23.9 Å². The first-order valence-corrected chi connectivity index (χ1v) is 22.5. The lowest BCUT2D eigenvalue weighted by atomic mass is 9.87. The number of esters is 1. The van der Waals surface area contributed by atoms with Crippen molar-refractivity contribution in [2.45, 2.75) is 140 Å². The molecule has 0 unspecified atom stereocenters. The van der Waals surface area contributed by atoms with Crippen LogP contribution < -0.4 is 18.9 Å². The summed E-state index contributed by atoms with van der Waals surface area (Å²) in [6.45, 7) is 4.47. The van der Waals surface area contributed by atoms with Crippen LogP contribution in [0.2, 0.25) is 0 Å². The number of cyclic esters (lactones) is 1. The van der Waals surface area contributed by atoms with Crippen molar-refractivity contribution >= 4 is 44.5 Å². The zero-order chi connectivity index (χ0) is 40.5. The van der Waals surface area contributed by atoms with Gasteiger partial charge in [0.05, 0.1) is 56.0 Å². The molecule has 2 saturated carbocycles. The lowest BCUT2D eigenvalue weighted by Crippen LogP contribution is -2.46. The van der Waals surface area contributed by atoms with Crippen LogP contribution in [0.5, 0.6) is 17.4 Å². The average Bonchev–Trinajstić information content (AvgIpc) is 4.10. The molecule has 5 bridgehead atoms. The Morgan fingerprint density at radius 1 is 0.947 bits per heavy atom. The molecule has 312 valence electrons. The van der Waals surface area contributed by atoms with E-state index in [0.29, 0.717) is 48.6 Å². The van der Waals surface area contributed by atoms with E-state index in [0.717, 1.165) is 75.2 Å². The molecule has 0 radical (unpaired) electrons. The van der Waals surface area contributed by atoms with Crippen molar-refractivity contribution in [2.75, 3.05) is 27.4 Å². The van der Waals surface area contributed by atoms with Crippen molar-refractivity contribution in [3.63, 3.8) is 0 Å². The molecule has 5 aliphatic rings. The number of ether oxygens (including phenoxy) is 4. The first-order valence-electron chi connectivity index (χ1n) is 21.0. The third kappa shape index (κ3) is 9.36. The summed E-state index contributed by atoms with van der Waals surface area (Å²) in [6, 6.07) is 4.69. The Bertz CT molecular complexity index is 1980. The number of carbonyl (C=O) groups excluding carboxylic acids is 4. The summed E-state index contributed by atoms with van der Waals surface area (Å²) in [5, 5.41) is 0.170. The maximum absolute atomic E-state index is 14.8. The smallest absolute Gasteiger partial charge is 0.306 e. The third-order valence-corrected chi connectivity index (χ3v) is 14.8. The van der Waals surface area contributed by atoms with E-state index in [2.05, 4.69) is 23.6 Å². The number of nitrogens with zero attached hydrogens (tertiary/aromatic N) is 2. The summed E-state index contributed by atoms with van der Waals surface area (Å²) in [4.78, 5) is 63.1. The van der Waals surface area contributed by atoms with E-state index in [1.807, 2.05) is 12.1 Å². The van der Waals surface area contributed by atoms with Gasteiger partial charge in [0.25, 0.3) is 0 Å². The van der Waals surface area contributed by atoms with Gasteiger partial charge in [-0.05, 0) is 74.3 Å². The largest absolute Gasteiger partial charge is 0.496 e. The fourth-order valence-corrected chi connectivity index (χ4v) is 10.7. The van der Waals surface area contributed by atoms with Crippen molar-refractivity contribution in [2.24, 2.45) is 22.7 Å². The highest BCUT2D eigenvalue weighted by Crippen LogP contribution is 2.59. The Morgan fingerprint density at radius 2 is 1.70 bits per heavy atom. The van der Waals surface area contributed by atoms with Crippen LogP contribution in [0.4, 0.5) is 0 Å². The van der Waals surface area contributed by atoms with E-state index in [4.69, 9.17) is 18.9 Å². The maximum Gasteiger partial charge on any atom is 0.306 e. The van der Waals surface area contributed by atoms with E-state index in [-0.39, 0.29) is 55.4 Å². The number of ketones is 1. The Hall–Kier alpha value is -3.94. The molecule has 13 nitrogen and oxygen atoms in total. The molecule has 2 saturated heterocycles. The number of sulfonamides is 1. The molecule has 1 aromatic carbocycles. The number of Topliss-reactive ketones (excluding diaryl/α,β-unsaturated/α-hetero) is 1. The molecule has 4 heterocycles. The van der Waals surface area contributed by atoms with Crippen LogP contribution in [0.25, 0.3) is 10.9 Å². The molecule has 4 fully saturated rings. The van der Waals surface area contributed by atoms with Crippen molar-refractivity contribution in [3.8, 4) is 17.4 Å². The highest BCUT2D eigenvalue weighted by Gasteiger charge is 2.62. The van der Waals surface area contributed by atoms with Gasteiger partial charge in [-0.15, -0.1) is 0 Å². The fourth-order valence-electron chi connectivity index (χ4n) is 9.28. The quantitative estimate of drug-likeness (QED) is 0.341. The zero-order valence-corrected chi connectivity index (χ0v) is 34.8. The molecular weight excluding hydrogens is 751 g/mol. The summed E-state index contributed by atoms with van der Waals surface area (Å²) in [5.41, 5.74) is 0.168. The van der Waals surface area contributed by atoms with E-state index in [1.165, 1.54) is 7.11 Å². The third-order valence-electron chi connectivity index (χ3n) is 13.0. The second-order valence-corrected chi connectivity index (χ2v) is 19.9. The number of aromatic nitrogens is 1. The molecule has 3 aliphatic heterocycles. The molecule has 2 aliphatic carbocycles.